The third-order valence-electron chi connectivity index (χ3n) is 3.93. The molecule has 0 aliphatic rings. The Morgan fingerprint density at radius 3 is 1.31 bits per heavy atom. The van der Waals surface area contributed by atoms with Gasteiger partial charge in [0.15, 0.2) is 0 Å². The van der Waals surface area contributed by atoms with Gasteiger partial charge < -0.3 is 10.2 Å². The molecule has 166 valence electrons. The molecule has 0 atom stereocenters. The molecule has 0 saturated heterocycles. The van der Waals surface area contributed by atoms with E-state index in [-0.39, 0.29) is 12.1 Å². The lowest BCUT2D eigenvalue weighted by Crippen LogP contribution is -2.56. The molecule has 0 unspecified atom stereocenters. The van der Waals surface area contributed by atoms with E-state index in [1.54, 1.807) is 0 Å². The molecule has 0 aromatic heterocycles. The van der Waals surface area contributed by atoms with Crippen LogP contribution < -0.4 is 0 Å². The van der Waals surface area contributed by atoms with Crippen LogP contribution in [0.4, 0.5) is 52.7 Å². The van der Waals surface area contributed by atoms with Crippen LogP contribution in [0, 0.1) is 0 Å². The molecular weight excluding hydrogens is 440 g/mol. The summed E-state index contributed by atoms with van der Waals surface area (Å²) in [4.78, 5) is 0. The zero-order valence-corrected chi connectivity index (χ0v) is 13.9. The largest absolute Gasteiger partial charge is 0.430 e. The van der Waals surface area contributed by atoms with Gasteiger partial charge >= 0.3 is 24.7 Å². The van der Waals surface area contributed by atoms with Gasteiger partial charge in [-0.2, -0.15) is 52.7 Å². The number of aliphatic hydroxyl groups is 2. The second-order valence-corrected chi connectivity index (χ2v) is 5.95. The van der Waals surface area contributed by atoms with E-state index < -0.39 is 64.2 Å². The minimum Gasteiger partial charge on any atom is -0.369 e. The summed E-state index contributed by atoms with van der Waals surface area (Å²) >= 11 is 0. The van der Waals surface area contributed by atoms with Crippen LogP contribution in [0.15, 0.2) is 24.8 Å². The molecule has 0 amide bonds. The summed E-state index contributed by atoms with van der Waals surface area (Å²) < 4.78 is 156. The van der Waals surface area contributed by atoms with Gasteiger partial charge in [0.25, 0.3) is 11.2 Å². The van der Waals surface area contributed by atoms with Crippen molar-refractivity contribution in [3.63, 3.8) is 0 Å². The number of allylic oxidation sites excluding steroid dienone is 1. The average molecular weight is 450 g/mol. The van der Waals surface area contributed by atoms with E-state index in [2.05, 4.69) is 6.58 Å². The van der Waals surface area contributed by atoms with Gasteiger partial charge in [-0.3, -0.25) is 0 Å². The molecule has 2 N–H and O–H groups in total. The van der Waals surface area contributed by atoms with Crippen molar-refractivity contribution >= 4 is 5.57 Å². The number of hydrogen-bond acceptors (Lipinski definition) is 2. The summed E-state index contributed by atoms with van der Waals surface area (Å²) in [6.45, 7) is 3.80. The molecule has 0 aliphatic heterocycles. The first-order chi connectivity index (χ1) is 12.5. The highest BCUT2D eigenvalue weighted by atomic mass is 19.4. The summed E-state index contributed by atoms with van der Waals surface area (Å²) in [6, 6.07) is -0.981. The van der Waals surface area contributed by atoms with Crippen molar-refractivity contribution in [1.82, 2.24) is 0 Å². The number of halogens is 12. The van der Waals surface area contributed by atoms with Crippen LogP contribution in [-0.2, 0) is 11.2 Å². The third-order valence-corrected chi connectivity index (χ3v) is 3.93. The van der Waals surface area contributed by atoms with Gasteiger partial charge in [-0.25, -0.2) is 0 Å². The second-order valence-electron chi connectivity index (χ2n) is 5.95. The smallest absolute Gasteiger partial charge is 0.369 e. The minimum absolute atomic E-state index is 0.0257. The van der Waals surface area contributed by atoms with E-state index in [1.807, 2.05) is 0 Å². The molecule has 0 bridgehead atoms. The minimum atomic E-state index is -6.61. The van der Waals surface area contributed by atoms with Crippen molar-refractivity contribution in [2.45, 2.75) is 42.8 Å². The molecule has 29 heavy (non-hydrogen) atoms. The summed E-state index contributed by atoms with van der Waals surface area (Å²) in [5.74, 6) is 0. The fraction of sp³-hybridized carbons (Fsp3) is 0.467. The van der Waals surface area contributed by atoms with Crippen molar-refractivity contribution < 1.29 is 62.9 Å². The standard InChI is InChI=1S/C15H10F12O2/c1-6(2)8-4-3-7(10(28,12(16,17)18)13(19,20)21)5-9(8)11(29,14(22,23)24)15(25,26)27/h3-5,28-29H,1H2,2H3. The molecule has 0 radical (unpaired) electrons. The quantitative estimate of drug-likeness (QED) is 0.611. The van der Waals surface area contributed by atoms with Crippen molar-refractivity contribution in [3.8, 4) is 0 Å². The van der Waals surface area contributed by atoms with E-state index in [1.165, 1.54) is 0 Å². The van der Waals surface area contributed by atoms with Crippen molar-refractivity contribution in [1.29, 1.82) is 0 Å². The van der Waals surface area contributed by atoms with E-state index in [9.17, 15) is 62.9 Å². The molecule has 0 fully saturated rings. The Morgan fingerprint density at radius 1 is 0.690 bits per heavy atom. The van der Waals surface area contributed by atoms with Gasteiger partial charge in [-0.1, -0.05) is 24.3 Å². The van der Waals surface area contributed by atoms with Crippen LogP contribution in [0.5, 0.6) is 0 Å². The summed E-state index contributed by atoms with van der Waals surface area (Å²) in [6.07, 6.45) is -26.4. The summed E-state index contributed by atoms with van der Waals surface area (Å²) in [7, 11) is 0. The lowest BCUT2D eigenvalue weighted by atomic mass is 9.81. The van der Waals surface area contributed by atoms with Crippen molar-refractivity contribution in [2.24, 2.45) is 0 Å². The molecule has 0 aliphatic carbocycles. The first-order valence-electron chi connectivity index (χ1n) is 7.06. The molecule has 0 spiro atoms. The summed E-state index contributed by atoms with van der Waals surface area (Å²) in [5.41, 5.74) is -18.4. The lowest BCUT2D eigenvalue weighted by molar-refractivity contribution is -0.378. The topological polar surface area (TPSA) is 40.5 Å². The van der Waals surface area contributed by atoms with E-state index in [0.717, 1.165) is 6.92 Å². The number of hydrogen-bond donors (Lipinski definition) is 2. The van der Waals surface area contributed by atoms with Gasteiger partial charge in [0, 0.05) is 11.1 Å². The van der Waals surface area contributed by atoms with Gasteiger partial charge in [-0.05, 0) is 18.6 Å². The Balaban J connectivity index is 4.12. The Bertz CT molecular complexity index is 754. The maximum Gasteiger partial charge on any atom is 0.430 e. The third kappa shape index (κ3) is 3.79. The van der Waals surface area contributed by atoms with Gasteiger partial charge in [-0.15, -0.1) is 0 Å². The number of alkyl halides is 12. The van der Waals surface area contributed by atoms with E-state index in [0.29, 0.717) is 0 Å². The second kappa shape index (κ2) is 6.79. The predicted octanol–water partition coefficient (Wildman–Crippen LogP) is 5.34. The van der Waals surface area contributed by atoms with Crippen LogP contribution in [0.1, 0.15) is 23.6 Å². The highest BCUT2D eigenvalue weighted by Crippen LogP contribution is 2.54. The predicted molar refractivity (Wildman–Crippen MR) is 73.2 cm³/mol. The normalized spacial score (nSPS) is 14.9. The average Bonchev–Trinajstić information content (AvgIpc) is 2.48. The maximum atomic E-state index is 13.1. The fourth-order valence-corrected chi connectivity index (χ4v) is 2.39. The highest BCUT2D eigenvalue weighted by molar-refractivity contribution is 5.67. The van der Waals surface area contributed by atoms with E-state index in [4.69, 9.17) is 0 Å². The molecule has 1 aromatic carbocycles. The van der Waals surface area contributed by atoms with Crippen molar-refractivity contribution in [2.75, 3.05) is 0 Å². The SMILES string of the molecule is C=C(C)c1ccc(C(O)(C(F)(F)F)C(F)(F)F)cc1C(O)(C(F)(F)F)C(F)(F)F. The van der Waals surface area contributed by atoms with Crippen LogP contribution in [0.2, 0.25) is 0 Å². The Hall–Kier alpha value is -1.96. The Morgan fingerprint density at radius 2 is 1.03 bits per heavy atom. The maximum absolute atomic E-state index is 13.1. The zero-order valence-electron chi connectivity index (χ0n) is 13.9. The molecule has 1 rings (SSSR count). The van der Waals surface area contributed by atoms with Gasteiger partial charge in [0.05, 0.1) is 0 Å². The fourth-order valence-electron chi connectivity index (χ4n) is 2.39. The molecule has 14 heteroatoms. The van der Waals surface area contributed by atoms with Crippen LogP contribution >= 0.6 is 0 Å². The number of benzene rings is 1. The lowest BCUT2D eigenvalue weighted by Gasteiger charge is -2.37. The molecular formula is C15H10F12O2. The van der Waals surface area contributed by atoms with E-state index >= 15 is 0 Å². The first kappa shape index (κ1) is 25.1. The molecule has 0 saturated carbocycles. The summed E-state index contributed by atoms with van der Waals surface area (Å²) in [5, 5.41) is 18.7. The zero-order chi connectivity index (χ0) is 23.4. The Labute approximate surface area is 154 Å². The highest BCUT2D eigenvalue weighted by Gasteiger charge is 2.74. The van der Waals surface area contributed by atoms with Crippen molar-refractivity contribution in [3.05, 3.63) is 41.5 Å². The van der Waals surface area contributed by atoms with Gasteiger partial charge in [0.1, 0.15) is 0 Å². The Kier molecular flexibility index (Phi) is 5.87. The van der Waals surface area contributed by atoms with Crippen LogP contribution in [0.25, 0.3) is 5.57 Å². The molecule has 0 heterocycles. The number of rotatable bonds is 3. The molecule has 1 aromatic rings. The van der Waals surface area contributed by atoms with Crippen LogP contribution in [-0.4, -0.2) is 34.9 Å². The molecule has 2 nitrogen and oxygen atoms in total. The van der Waals surface area contributed by atoms with Crippen LogP contribution in [0.3, 0.4) is 0 Å². The van der Waals surface area contributed by atoms with Gasteiger partial charge in [0.2, 0.25) is 0 Å². The first-order valence-corrected chi connectivity index (χ1v) is 7.06. The monoisotopic (exact) mass is 450 g/mol.